The van der Waals surface area contributed by atoms with E-state index in [0.29, 0.717) is 11.6 Å². The quantitative estimate of drug-likeness (QED) is 0.665. The SMILES string of the molecule is N#CCN(CC#N)c1cnc(N)cn1. The van der Waals surface area contributed by atoms with Crippen LogP contribution in [0.5, 0.6) is 0 Å². The van der Waals surface area contributed by atoms with Crippen LogP contribution in [-0.2, 0) is 0 Å². The van der Waals surface area contributed by atoms with E-state index in [9.17, 15) is 0 Å². The molecule has 1 rings (SSSR count). The van der Waals surface area contributed by atoms with Crippen LogP contribution < -0.4 is 10.6 Å². The van der Waals surface area contributed by atoms with Crippen molar-refractivity contribution in [2.75, 3.05) is 23.7 Å². The molecule has 6 heteroatoms. The van der Waals surface area contributed by atoms with Crippen LogP contribution in [0.2, 0.25) is 0 Å². The fourth-order valence-corrected chi connectivity index (χ4v) is 0.883. The van der Waals surface area contributed by atoms with E-state index in [1.165, 1.54) is 17.3 Å². The summed E-state index contributed by atoms with van der Waals surface area (Å²) >= 11 is 0. The molecule has 0 aromatic carbocycles. The molecule has 70 valence electrons. The lowest BCUT2D eigenvalue weighted by Crippen LogP contribution is -2.24. The molecule has 0 fully saturated rings. The molecule has 0 unspecified atom stereocenters. The van der Waals surface area contributed by atoms with Gasteiger partial charge in [0.15, 0.2) is 0 Å². The van der Waals surface area contributed by atoms with E-state index in [2.05, 4.69) is 9.97 Å². The van der Waals surface area contributed by atoms with Crippen molar-refractivity contribution in [3.05, 3.63) is 12.4 Å². The van der Waals surface area contributed by atoms with Crippen molar-refractivity contribution >= 4 is 11.6 Å². The molecule has 1 aromatic rings. The second-order valence-electron chi connectivity index (χ2n) is 2.47. The van der Waals surface area contributed by atoms with E-state index in [-0.39, 0.29) is 13.1 Å². The van der Waals surface area contributed by atoms with Gasteiger partial charge in [0.2, 0.25) is 0 Å². The highest BCUT2D eigenvalue weighted by Gasteiger charge is 2.06. The van der Waals surface area contributed by atoms with E-state index in [0.717, 1.165) is 0 Å². The van der Waals surface area contributed by atoms with E-state index in [1.54, 1.807) is 0 Å². The number of rotatable bonds is 3. The summed E-state index contributed by atoms with van der Waals surface area (Å²) in [7, 11) is 0. The van der Waals surface area contributed by atoms with E-state index in [1.807, 2.05) is 12.1 Å². The summed E-state index contributed by atoms with van der Waals surface area (Å²) in [6.07, 6.45) is 2.82. The summed E-state index contributed by atoms with van der Waals surface area (Å²) in [5, 5.41) is 17.0. The zero-order chi connectivity index (χ0) is 10.4. The largest absolute Gasteiger partial charge is 0.382 e. The van der Waals surface area contributed by atoms with Crippen molar-refractivity contribution in [1.82, 2.24) is 9.97 Å². The van der Waals surface area contributed by atoms with Gasteiger partial charge in [0, 0.05) is 0 Å². The first-order valence-electron chi connectivity index (χ1n) is 3.84. The molecule has 0 amide bonds. The molecule has 0 atom stereocenters. The van der Waals surface area contributed by atoms with Gasteiger partial charge < -0.3 is 10.6 Å². The maximum Gasteiger partial charge on any atom is 0.148 e. The highest BCUT2D eigenvalue weighted by molar-refractivity contribution is 5.41. The number of nitrogens with zero attached hydrogens (tertiary/aromatic N) is 5. The number of aromatic nitrogens is 2. The first-order chi connectivity index (χ1) is 6.77. The summed E-state index contributed by atoms with van der Waals surface area (Å²) in [4.78, 5) is 9.28. The van der Waals surface area contributed by atoms with Crippen molar-refractivity contribution in [1.29, 1.82) is 10.5 Å². The lowest BCUT2D eigenvalue weighted by Gasteiger charge is -2.15. The summed E-state index contributed by atoms with van der Waals surface area (Å²) < 4.78 is 0. The van der Waals surface area contributed by atoms with E-state index < -0.39 is 0 Å². The van der Waals surface area contributed by atoms with E-state index >= 15 is 0 Å². The minimum Gasteiger partial charge on any atom is -0.382 e. The third kappa shape index (κ3) is 2.32. The zero-order valence-corrected chi connectivity index (χ0v) is 7.38. The summed E-state index contributed by atoms with van der Waals surface area (Å²) in [5.41, 5.74) is 5.35. The predicted octanol–water partition coefficient (Wildman–Crippen LogP) is -0.0876. The molecule has 0 bridgehead atoms. The molecule has 0 saturated heterocycles. The molecule has 0 aliphatic rings. The molecule has 6 nitrogen and oxygen atoms in total. The Bertz CT molecular complexity index is 354. The summed E-state index contributed by atoms with van der Waals surface area (Å²) in [5.74, 6) is 0.782. The van der Waals surface area contributed by atoms with Crippen LogP contribution in [0.1, 0.15) is 0 Å². The van der Waals surface area contributed by atoms with Crippen LogP contribution in [-0.4, -0.2) is 23.1 Å². The molecular formula is C8H8N6. The van der Waals surface area contributed by atoms with Gasteiger partial charge in [-0.2, -0.15) is 10.5 Å². The lowest BCUT2D eigenvalue weighted by atomic mass is 10.5. The minimum atomic E-state index is 0.103. The zero-order valence-electron chi connectivity index (χ0n) is 7.38. The molecule has 0 radical (unpaired) electrons. The van der Waals surface area contributed by atoms with Crippen molar-refractivity contribution < 1.29 is 0 Å². The van der Waals surface area contributed by atoms with Gasteiger partial charge in [0.1, 0.15) is 24.7 Å². The van der Waals surface area contributed by atoms with Gasteiger partial charge in [-0.25, -0.2) is 9.97 Å². The lowest BCUT2D eigenvalue weighted by molar-refractivity contribution is 0.926. The molecule has 1 aromatic heterocycles. The van der Waals surface area contributed by atoms with Gasteiger partial charge in [-0.15, -0.1) is 0 Å². The highest BCUT2D eigenvalue weighted by atomic mass is 15.2. The topological polar surface area (TPSA) is 103 Å². The van der Waals surface area contributed by atoms with Gasteiger partial charge in [0.25, 0.3) is 0 Å². The monoisotopic (exact) mass is 188 g/mol. The molecule has 0 spiro atoms. The van der Waals surface area contributed by atoms with Gasteiger partial charge in [0.05, 0.1) is 24.5 Å². The standard InChI is InChI=1S/C8H8N6/c9-1-3-14(4-2-10)8-6-12-7(11)5-13-8/h5-6H,3-4H2,(H2,11,12). The Morgan fingerprint density at radius 2 is 1.86 bits per heavy atom. The van der Waals surface area contributed by atoms with Crippen LogP contribution in [0.3, 0.4) is 0 Å². The smallest absolute Gasteiger partial charge is 0.148 e. The Morgan fingerprint density at radius 1 is 1.21 bits per heavy atom. The van der Waals surface area contributed by atoms with E-state index in [4.69, 9.17) is 16.3 Å². The molecular weight excluding hydrogens is 180 g/mol. The Kier molecular flexibility index (Phi) is 3.22. The second-order valence-corrected chi connectivity index (χ2v) is 2.47. The third-order valence-electron chi connectivity index (χ3n) is 1.51. The molecule has 0 aliphatic heterocycles. The van der Waals surface area contributed by atoms with Gasteiger partial charge >= 0.3 is 0 Å². The second kappa shape index (κ2) is 4.63. The highest BCUT2D eigenvalue weighted by Crippen LogP contribution is 2.08. The van der Waals surface area contributed by atoms with Crippen LogP contribution >= 0.6 is 0 Å². The Balaban J connectivity index is 2.84. The fraction of sp³-hybridized carbons (Fsp3) is 0.250. The van der Waals surface area contributed by atoms with Crippen LogP contribution in [0, 0.1) is 22.7 Å². The van der Waals surface area contributed by atoms with Crippen molar-refractivity contribution in [3.8, 4) is 12.1 Å². The van der Waals surface area contributed by atoms with Crippen LogP contribution in [0.4, 0.5) is 11.6 Å². The molecule has 2 N–H and O–H groups in total. The van der Waals surface area contributed by atoms with Gasteiger partial charge in [-0.3, -0.25) is 0 Å². The fourth-order valence-electron chi connectivity index (χ4n) is 0.883. The summed E-state index contributed by atoms with van der Waals surface area (Å²) in [6, 6.07) is 3.88. The number of nitriles is 2. The van der Waals surface area contributed by atoms with Crippen molar-refractivity contribution in [2.24, 2.45) is 0 Å². The molecule has 14 heavy (non-hydrogen) atoms. The van der Waals surface area contributed by atoms with Crippen LogP contribution in [0.15, 0.2) is 12.4 Å². The maximum absolute atomic E-state index is 8.51. The van der Waals surface area contributed by atoms with Crippen molar-refractivity contribution in [3.63, 3.8) is 0 Å². The average molecular weight is 188 g/mol. The van der Waals surface area contributed by atoms with Crippen LogP contribution in [0.25, 0.3) is 0 Å². The first-order valence-corrected chi connectivity index (χ1v) is 3.84. The summed E-state index contributed by atoms with van der Waals surface area (Å²) in [6.45, 7) is 0.207. The van der Waals surface area contributed by atoms with Gasteiger partial charge in [-0.05, 0) is 0 Å². The molecule has 0 saturated carbocycles. The normalized spacial score (nSPS) is 8.71. The number of nitrogens with two attached hydrogens (primary N) is 1. The molecule has 1 heterocycles. The van der Waals surface area contributed by atoms with Crippen molar-refractivity contribution in [2.45, 2.75) is 0 Å². The Labute approximate surface area is 81.2 Å². The third-order valence-corrected chi connectivity index (χ3v) is 1.51. The van der Waals surface area contributed by atoms with Gasteiger partial charge in [-0.1, -0.05) is 0 Å². The maximum atomic E-state index is 8.51. The number of hydrogen-bond donors (Lipinski definition) is 1. The number of hydrogen-bond acceptors (Lipinski definition) is 6. The number of anilines is 2. The first kappa shape index (κ1) is 9.75. The predicted molar refractivity (Wildman–Crippen MR) is 49.9 cm³/mol. The molecule has 0 aliphatic carbocycles. The minimum absolute atomic E-state index is 0.103. The number of nitrogen functional groups attached to an aromatic ring is 1. The Hall–Kier alpha value is -2.34. The average Bonchev–Trinajstić information content (AvgIpc) is 2.19. The Morgan fingerprint density at radius 3 is 2.29 bits per heavy atom.